The van der Waals surface area contributed by atoms with Crippen molar-refractivity contribution in [3.05, 3.63) is 47.5 Å². The molecule has 0 radical (unpaired) electrons. The van der Waals surface area contributed by atoms with Gasteiger partial charge in [-0.1, -0.05) is 0 Å². The predicted molar refractivity (Wildman–Crippen MR) is 84.8 cm³/mol. The number of nitrogens with zero attached hydrogens (tertiary/aromatic N) is 4. The Bertz CT molecular complexity index is 702. The molecule has 1 N–H and O–H groups in total. The number of hydrogen-bond acceptors (Lipinski definition) is 5. The molecule has 1 aromatic carbocycles. The van der Waals surface area contributed by atoms with Gasteiger partial charge in [-0.3, -0.25) is 4.90 Å². The monoisotopic (exact) mass is 312 g/mol. The lowest BCUT2D eigenvalue weighted by molar-refractivity contribution is 0.0631. The molecule has 0 bridgehead atoms. The Hall–Kier alpha value is -2.36. The van der Waals surface area contributed by atoms with Gasteiger partial charge >= 0.3 is 0 Å². The SMILES string of the molecule is Cn1cnc2c1CCN(CC(O)COc1ccc(C#N)cc1)C2. The van der Waals surface area contributed by atoms with Crippen molar-refractivity contribution < 1.29 is 9.84 Å². The summed E-state index contributed by atoms with van der Waals surface area (Å²) in [6.07, 6.45) is 2.24. The summed E-state index contributed by atoms with van der Waals surface area (Å²) in [4.78, 5) is 6.60. The van der Waals surface area contributed by atoms with Crippen molar-refractivity contribution in [2.24, 2.45) is 7.05 Å². The molecule has 0 saturated heterocycles. The summed E-state index contributed by atoms with van der Waals surface area (Å²) >= 11 is 0. The van der Waals surface area contributed by atoms with Crippen LogP contribution in [-0.2, 0) is 20.0 Å². The maximum atomic E-state index is 10.2. The van der Waals surface area contributed by atoms with Crippen LogP contribution in [0.15, 0.2) is 30.6 Å². The minimum absolute atomic E-state index is 0.234. The van der Waals surface area contributed by atoms with Crippen molar-refractivity contribution in [3.8, 4) is 11.8 Å². The van der Waals surface area contributed by atoms with Crippen LogP contribution in [0.3, 0.4) is 0 Å². The molecule has 6 heteroatoms. The second kappa shape index (κ2) is 6.82. The molecule has 120 valence electrons. The van der Waals surface area contributed by atoms with E-state index >= 15 is 0 Å². The number of aryl methyl sites for hydroxylation is 1. The zero-order chi connectivity index (χ0) is 16.2. The van der Waals surface area contributed by atoms with Gasteiger partial charge in [-0.05, 0) is 24.3 Å². The summed E-state index contributed by atoms with van der Waals surface area (Å²) in [5.74, 6) is 0.661. The number of aromatic nitrogens is 2. The van der Waals surface area contributed by atoms with Crippen LogP contribution in [0.2, 0.25) is 0 Å². The highest BCUT2D eigenvalue weighted by Crippen LogP contribution is 2.17. The molecular formula is C17H20N4O2. The van der Waals surface area contributed by atoms with Crippen molar-refractivity contribution in [2.75, 3.05) is 19.7 Å². The fraction of sp³-hybridized carbons (Fsp3) is 0.412. The Morgan fingerprint density at radius 1 is 1.39 bits per heavy atom. The van der Waals surface area contributed by atoms with Crippen LogP contribution in [0.1, 0.15) is 17.0 Å². The largest absolute Gasteiger partial charge is 0.491 e. The number of rotatable bonds is 5. The van der Waals surface area contributed by atoms with E-state index in [1.165, 1.54) is 5.69 Å². The van der Waals surface area contributed by atoms with Gasteiger partial charge in [0.2, 0.25) is 0 Å². The summed E-state index contributed by atoms with van der Waals surface area (Å²) in [6, 6.07) is 8.96. The molecule has 23 heavy (non-hydrogen) atoms. The quantitative estimate of drug-likeness (QED) is 0.894. The lowest BCUT2D eigenvalue weighted by Gasteiger charge is -2.28. The first-order valence-electron chi connectivity index (χ1n) is 7.68. The molecule has 0 fully saturated rings. The van der Waals surface area contributed by atoms with Crippen LogP contribution < -0.4 is 4.74 Å². The maximum absolute atomic E-state index is 10.2. The average Bonchev–Trinajstić information content (AvgIpc) is 2.94. The van der Waals surface area contributed by atoms with Gasteiger partial charge in [0.05, 0.1) is 23.7 Å². The first-order chi connectivity index (χ1) is 11.2. The fourth-order valence-corrected chi connectivity index (χ4v) is 2.84. The van der Waals surface area contributed by atoms with Gasteiger partial charge in [0.25, 0.3) is 0 Å². The third-order valence-corrected chi connectivity index (χ3v) is 4.08. The van der Waals surface area contributed by atoms with Gasteiger partial charge in [-0.2, -0.15) is 5.26 Å². The van der Waals surface area contributed by atoms with E-state index in [0.29, 0.717) is 17.9 Å². The van der Waals surface area contributed by atoms with E-state index in [0.717, 1.165) is 25.2 Å². The van der Waals surface area contributed by atoms with Gasteiger partial charge in [0.1, 0.15) is 18.5 Å². The topological polar surface area (TPSA) is 74.3 Å². The lowest BCUT2D eigenvalue weighted by atomic mass is 10.1. The predicted octanol–water partition coefficient (Wildman–Crippen LogP) is 1.09. The first kappa shape index (κ1) is 15.5. The van der Waals surface area contributed by atoms with Crippen LogP contribution in [0.25, 0.3) is 0 Å². The van der Waals surface area contributed by atoms with E-state index < -0.39 is 6.10 Å². The normalized spacial score (nSPS) is 15.7. The number of aliphatic hydroxyl groups is 1. The fourth-order valence-electron chi connectivity index (χ4n) is 2.84. The molecule has 0 saturated carbocycles. The van der Waals surface area contributed by atoms with E-state index in [4.69, 9.17) is 10.00 Å². The van der Waals surface area contributed by atoms with E-state index in [1.807, 2.05) is 13.4 Å². The van der Waals surface area contributed by atoms with Crippen LogP contribution in [0.5, 0.6) is 5.75 Å². The Balaban J connectivity index is 1.48. The summed E-state index contributed by atoms with van der Waals surface area (Å²) in [7, 11) is 2.02. The van der Waals surface area contributed by atoms with Crippen LogP contribution >= 0.6 is 0 Å². The third kappa shape index (κ3) is 3.70. The molecule has 0 spiro atoms. The average molecular weight is 312 g/mol. The van der Waals surface area contributed by atoms with E-state index in [1.54, 1.807) is 24.3 Å². The minimum atomic E-state index is -0.559. The zero-order valence-electron chi connectivity index (χ0n) is 13.1. The number of nitriles is 1. The van der Waals surface area contributed by atoms with Crippen molar-refractivity contribution >= 4 is 0 Å². The number of β-amino-alcohol motifs (C(OH)–C–C–N with tert-alkyl or cyclic N) is 1. The number of ether oxygens (including phenoxy) is 1. The van der Waals surface area contributed by atoms with Crippen LogP contribution in [0.4, 0.5) is 0 Å². The number of hydrogen-bond donors (Lipinski definition) is 1. The maximum Gasteiger partial charge on any atom is 0.119 e. The molecule has 3 rings (SSSR count). The molecule has 0 amide bonds. The highest BCUT2D eigenvalue weighted by Gasteiger charge is 2.21. The summed E-state index contributed by atoms with van der Waals surface area (Å²) in [5.41, 5.74) is 2.97. The minimum Gasteiger partial charge on any atom is -0.491 e. The highest BCUT2D eigenvalue weighted by atomic mass is 16.5. The Morgan fingerprint density at radius 3 is 2.91 bits per heavy atom. The smallest absolute Gasteiger partial charge is 0.119 e. The molecule has 1 aliphatic rings. The van der Waals surface area contributed by atoms with Crippen molar-refractivity contribution in [1.82, 2.24) is 14.5 Å². The summed E-state index contributed by atoms with van der Waals surface area (Å²) < 4.78 is 7.64. The lowest BCUT2D eigenvalue weighted by Crippen LogP contribution is -2.39. The molecule has 1 aliphatic heterocycles. The van der Waals surface area contributed by atoms with Crippen molar-refractivity contribution in [1.29, 1.82) is 5.26 Å². The zero-order valence-corrected chi connectivity index (χ0v) is 13.1. The molecule has 0 aliphatic carbocycles. The Kier molecular flexibility index (Phi) is 4.60. The van der Waals surface area contributed by atoms with Gasteiger partial charge in [0, 0.05) is 38.8 Å². The third-order valence-electron chi connectivity index (χ3n) is 4.08. The molecule has 1 atom stereocenters. The number of benzene rings is 1. The molecule has 1 unspecified atom stereocenters. The Labute approximate surface area is 135 Å². The van der Waals surface area contributed by atoms with Gasteiger partial charge in [-0.25, -0.2) is 4.98 Å². The van der Waals surface area contributed by atoms with E-state index in [9.17, 15) is 5.11 Å². The molecular weight excluding hydrogens is 292 g/mol. The van der Waals surface area contributed by atoms with Crippen LogP contribution in [0, 0.1) is 11.3 Å². The van der Waals surface area contributed by atoms with Crippen molar-refractivity contribution in [3.63, 3.8) is 0 Å². The summed E-state index contributed by atoms with van der Waals surface area (Å²) in [6.45, 7) is 2.48. The molecule has 6 nitrogen and oxygen atoms in total. The first-order valence-corrected chi connectivity index (χ1v) is 7.68. The van der Waals surface area contributed by atoms with E-state index in [2.05, 4.69) is 20.5 Å². The molecule has 2 aromatic rings. The highest BCUT2D eigenvalue weighted by molar-refractivity contribution is 5.34. The van der Waals surface area contributed by atoms with Gasteiger partial charge in [0.15, 0.2) is 0 Å². The Morgan fingerprint density at radius 2 is 2.17 bits per heavy atom. The number of imidazole rings is 1. The molecule has 2 heterocycles. The number of aliphatic hydroxyl groups excluding tert-OH is 1. The second-order valence-corrected chi connectivity index (χ2v) is 5.83. The summed E-state index contributed by atoms with van der Waals surface area (Å²) in [5, 5.41) is 18.9. The van der Waals surface area contributed by atoms with E-state index in [-0.39, 0.29) is 6.61 Å². The molecule has 1 aromatic heterocycles. The number of fused-ring (bicyclic) bond motifs is 1. The van der Waals surface area contributed by atoms with Gasteiger partial charge < -0.3 is 14.4 Å². The van der Waals surface area contributed by atoms with Gasteiger partial charge in [-0.15, -0.1) is 0 Å². The standard InChI is InChI=1S/C17H20N4O2/c1-20-12-19-16-10-21(7-6-17(16)20)9-14(22)11-23-15-4-2-13(8-18)3-5-15/h2-5,12,14,22H,6-7,9-11H2,1H3. The second-order valence-electron chi connectivity index (χ2n) is 5.83. The van der Waals surface area contributed by atoms with Crippen molar-refractivity contribution in [2.45, 2.75) is 19.1 Å². The van der Waals surface area contributed by atoms with Crippen LogP contribution in [-0.4, -0.2) is 45.4 Å².